The molecule has 0 aliphatic heterocycles. The Labute approximate surface area is 90.7 Å². The van der Waals surface area contributed by atoms with Crippen LogP contribution in [0.4, 0.5) is 0 Å². The maximum atomic E-state index is 9.39. The maximum Gasteiger partial charge on any atom is 0.745 e. The summed E-state index contributed by atoms with van der Waals surface area (Å²) in [5.41, 5.74) is 0. The largest absolute Gasteiger partial charge is 0.745 e. The summed E-state index contributed by atoms with van der Waals surface area (Å²) in [6.45, 7) is 2.48. The predicted molar refractivity (Wildman–Crippen MR) is 57.4 cm³/mol. The molecule has 0 saturated carbocycles. The van der Waals surface area contributed by atoms with Crippen LogP contribution in [0.25, 0.3) is 0 Å². The highest BCUT2D eigenvalue weighted by atomic mass is 31.2. The number of hydrogen-bond acceptors (Lipinski definition) is 6. The lowest BCUT2D eigenvalue weighted by molar-refractivity contribution is 0.284. The van der Waals surface area contributed by atoms with Gasteiger partial charge in [-0.2, -0.15) is 0 Å². The summed E-state index contributed by atoms with van der Waals surface area (Å²) in [5.74, 6) is 0. The average Bonchev–Trinajstić information content (AvgIpc) is 1.99. The molecule has 0 aromatic carbocycles. The van der Waals surface area contributed by atoms with E-state index < -0.39 is 16.5 Å². The van der Waals surface area contributed by atoms with Gasteiger partial charge in [0.25, 0.3) is 0 Å². The van der Waals surface area contributed by atoms with E-state index in [1.54, 1.807) is 0 Å². The second-order valence-electron chi connectivity index (χ2n) is 1.99. The van der Waals surface area contributed by atoms with Crippen LogP contribution in [0.1, 0.15) is 26.2 Å². The highest BCUT2D eigenvalue weighted by Gasteiger charge is 2.31. The number of aliphatic hydroxyl groups excluding tert-OH is 1. The summed E-state index contributed by atoms with van der Waals surface area (Å²) in [6.07, 6.45) is 3.33. The Hall–Kier alpha value is -0.0400. The van der Waals surface area contributed by atoms with E-state index in [1.807, 2.05) is 0 Å². The van der Waals surface area contributed by atoms with Crippen LogP contribution < -0.4 is 12.3 Å². The number of rotatable bonds is 5. The lowest BCUT2D eigenvalue weighted by Crippen LogP contribution is -1.78. The van der Waals surface area contributed by atoms with Gasteiger partial charge in [-0.15, -0.1) is 9.79 Å². The van der Waals surface area contributed by atoms with E-state index in [9.17, 15) is 9.13 Å². The van der Waals surface area contributed by atoms with Crippen LogP contribution in [0.2, 0.25) is 0 Å². The first-order chi connectivity index (χ1) is 6.04. The van der Waals surface area contributed by atoms with Crippen LogP contribution >= 0.6 is 16.5 Å². The average molecular weight is 266 g/mol. The highest BCUT2D eigenvalue weighted by molar-refractivity contribution is 7.46. The minimum atomic E-state index is -2.92. The number of aliphatic hydroxyl groups is 1. The molecule has 0 amide bonds. The monoisotopic (exact) mass is 266 g/mol. The van der Waals surface area contributed by atoms with Gasteiger partial charge in [-0.25, -0.2) is 0 Å². The van der Waals surface area contributed by atoms with Gasteiger partial charge in [0.15, 0.2) is 4.31 Å². The molecule has 0 aliphatic carbocycles. The minimum Gasteiger partial charge on any atom is -0.396 e. The zero-order valence-electron chi connectivity index (χ0n) is 8.70. The fourth-order valence-corrected chi connectivity index (χ4v) is 0.900. The Balaban J connectivity index is -0.0000000718. The van der Waals surface area contributed by atoms with Gasteiger partial charge in [-0.1, -0.05) is 19.8 Å². The first kappa shape index (κ1) is 24.3. The molecule has 10 heteroatoms. The molecule has 2 unspecified atom stereocenters. The maximum absolute atomic E-state index is 9.39. The van der Waals surface area contributed by atoms with Gasteiger partial charge in [-0.05, 0) is 6.42 Å². The third-order valence-corrected chi connectivity index (χ3v) is 2.02. The molecule has 8 nitrogen and oxygen atoms in total. The van der Waals surface area contributed by atoms with Crippen molar-refractivity contribution in [2.45, 2.75) is 26.2 Å². The number of unbranched alkanes of at least 4 members (excludes halogenated alkanes) is 2. The Bertz CT molecular complexity index is 142. The summed E-state index contributed by atoms with van der Waals surface area (Å²) in [4.78, 5) is 15.3. The Kier molecular flexibility index (Phi) is 31.6. The molecule has 2 atom stereocenters. The lowest BCUT2D eigenvalue weighted by atomic mass is 10.3. The van der Waals surface area contributed by atoms with Crippen LogP contribution in [0.3, 0.4) is 0 Å². The van der Waals surface area contributed by atoms with E-state index >= 15 is 0 Å². The van der Waals surface area contributed by atoms with Crippen molar-refractivity contribution in [3.05, 3.63) is 0 Å². The highest BCUT2D eigenvalue weighted by Crippen LogP contribution is 2.30. The van der Waals surface area contributed by atoms with Crippen molar-refractivity contribution in [2.75, 3.05) is 6.61 Å². The predicted octanol–water partition coefficient (Wildman–Crippen LogP) is 1.80. The van der Waals surface area contributed by atoms with E-state index in [1.165, 1.54) is 6.42 Å². The zero-order valence-corrected chi connectivity index (χ0v) is 10.5. The first-order valence-corrected chi connectivity index (χ1v) is 5.91. The first-order valence-electron chi connectivity index (χ1n) is 3.65. The molecule has 0 bridgehead atoms. The van der Waals surface area contributed by atoms with Crippen LogP contribution in [0, 0.1) is 0 Å². The normalized spacial score (nSPS) is 9.87. The zero-order chi connectivity index (χ0) is 10.7. The van der Waals surface area contributed by atoms with Gasteiger partial charge in [0.2, 0.25) is 0 Å². The minimum absolute atomic E-state index is 0. The Morgan fingerprint density at radius 3 is 1.53 bits per heavy atom. The molecule has 0 rings (SSSR count). The Morgan fingerprint density at radius 1 is 1.07 bits per heavy atom. The van der Waals surface area contributed by atoms with E-state index in [2.05, 4.69) is 11.2 Å². The van der Waals surface area contributed by atoms with Crippen molar-refractivity contribution >= 4 is 16.5 Å². The van der Waals surface area contributed by atoms with E-state index in [0.29, 0.717) is 6.61 Å². The molecule has 9 N–H and O–H groups in total. The molecule has 0 aliphatic rings. The second kappa shape index (κ2) is 19.5. The van der Waals surface area contributed by atoms with Gasteiger partial charge < -0.3 is 17.4 Å². The van der Waals surface area contributed by atoms with Crippen molar-refractivity contribution in [3.63, 3.8) is 0 Å². The standard InChI is InChI=1S/C5H12O.2H3N.O5P2/c1-2-3-4-5-6;;;1-6(2)5-7(3)4/h6H,2-5H2,1H3;2*1H3;/p+2. The fourth-order valence-electron chi connectivity index (χ4n) is 0.422. The van der Waals surface area contributed by atoms with E-state index in [0.717, 1.165) is 12.8 Å². The Morgan fingerprint density at radius 2 is 1.47 bits per heavy atom. The molecule has 0 aromatic heterocycles. The van der Waals surface area contributed by atoms with Crippen LogP contribution in [-0.2, 0) is 13.4 Å². The molecule has 0 spiro atoms. The van der Waals surface area contributed by atoms with Gasteiger partial charge in [0, 0.05) is 15.7 Å². The molecule has 15 heavy (non-hydrogen) atoms. The lowest BCUT2D eigenvalue weighted by Gasteiger charge is -1.85. The van der Waals surface area contributed by atoms with Crippen molar-refractivity contribution in [1.29, 1.82) is 0 Å². The molecule has 0 aromatic rings. The smallest absolute Gasteiger partial charge is 0.396 e. The summed E-state index contributed by atoms with van der Waals surface area (Å²) >= 11 is 0. The molecule has 0 saturated heterocycles. The topological polar surface area (TPSA) is 174 Å². The summed E-state index contributed by atoms with van der Waals surface area (Å²) in [6, 6.07) is 0. The van der Waals surface area contributed by atoms with Crippen molar-refractivity contribution in [2.24, 2.45) is 0 Å². The van der Waals surface area contributed by atoms with Gasteiger partial charge in [-0.3, -0.25) is 0 Å². The molecular weight excluding hydrogens is 246 g/mol. The molecule has 94 valence electrons. The van der Waals surface area contributed by atoms with Crippen molar-refractivity contribution in [1.82, 2.24) is 12.3 Å². The van der Waals surface area contributed by atoms with Crippen LogP contribution in [0.5, 0.6) is 0 Å². The quantitative estimate of drug-likeness (QED) is 0.369. The van der Waals surface area contributed by atoms with Crippen LogP contribution in [0.15, 0.2) is 0 Å². The molecule has 0 heterocycles. The summed E-state index contributed by atoms with van der Waals surface area (Å²) in [7, 11) is -5.85. The van der Waals surface area contributed by atoms with Gasteiger partial charge in [0.05, 0.1) is 0 Å². The van der Waals surface area contributed by atoms with E-state index in [-0.39, 0.29) is 12.3 Å². The molecular formula is C5H20N2O6P2+2. The fraction of sp³-hybridized carbons (Fsp3) is 1.00. The van der Waals surface area contributed by atoms with Crippen LogP contribution in [-0.4, -0.2) is 21.5 Å². The number of hydrogen-bond donors (Lipinski definition) is 5. The third kappa shape index (κ3) is 41.2. The third-order valence-electron chi connectivity index (χ3n) is 0.901. The molecule has 0 fully saturated rings. The van der Waals surface area contributed by atoms with Crippen molar-refractivity contribution in [3.8, 4) is 0 Å². The SMILES string of the molecule is CCCCCO.N.N.O=[P+](O)O[P+](=O)O. The van der Waals surface area contributed by atoms with E-state index in [4.69, 9.17) is 14.9 Å². The van der Waals surface area contributed by atoms with Gasteiger partial charge in [0.1, 0.15) is 0 Å². The second-order valence-corrected chi connectivity index (χ2v) is 3.59. The van der Waals surface area contributed by atoms with Gasteiger partial charge >= 0.3 is 16.5 Å². The van der Waals surface area contributed by atoms with Crippen molar-refractivity contribution < 1.29 is 28.3 Å². The summed E-state index contributed by atoms with van der Waals surface area (Å²) in [5, 5.41) is 8.20. The summed E-state index contributed by atoms with van der Waals surface area (Å²) < 4.78 is 22.2. The molecule has 0 radical (unpaired) electrons.